The van der Waals surface area contributed by atoms with Gasteiger partial charge in [-0.25, -0.2) is 4.79 Å². The summed E-state index contributed by atoms with van der Waals surface area (Å²) in [4.78, 5) is 35.3. The average molecular weight is 401 g/mol. The molecule has 3 amide bonds. The number of likely N-dealkylation sites (N-methyl/N-ethyl adjacent to an activating group) is 2. The summed E-state index contributed by atoms with van der Waals surface area (Å²) in [5, 5.41) is 5.77. The molecule has 3 rings (SSSR count). The van der Waals surface area contributed by atoms with Gasteiger partial charge in [0.1, 0.15) is 6.17 Å². The number of rotatable bonds is 9. The number of nitrogens with zero attached hydrogens (tertiary/aromatic N) is 4. The van der Waals surface area contributed by atoms with Gasteiger partial charge in [0.2, 0.25) is 0 Å². The molecule has 2 unspecified atom stereocenters. The standard InChI is InChI=1S/C21H32N6O2/c1-4-26(5-2)15-13-22-20-23-18-17(19(28)24-21(29)25(18)3)27(20)14-9-12-16-10-7-6-8-11-16/h6-8,10-11,17-18H,4-5,9,12-15H2,1-3H3,(H,22,23)(H,24,28,29). The van der Waals surface area contributed by atoms with Crippen LogP contribution in [0.4, 0.5) is 4.79 Å². The van der Waals surface area contributed by atoms with Gasteiger partial charge in [-0.2, -0.15) is 0 Å². The molecule has 8 nitrogen and oxygen atoms in total. The van der Waals surface area contributed by atoms with Crippen LogP contribution < -0.4 is 10.6 Å². The second-order valence-electron chi connectivity index (χ2n) is 7.45. The van der Waals surface area contributed by atoms with Gasteiger partial charge in [0.15, 0.2) is 12.0 Å². The van der Waals surface area contributed by atoms with Crippen molar-refractivity contribution in [1.29, 1.82) is 0 Å². The Kier molecular flexibility index (Phi) is 7.09. The van der Waals surface area contributed by atoms with E-state index in [1.807, 2.05) is 23.1 Å². The third-order valence-electron chi connectivity index (χ3n) is 5.70. The highest BCUT2D eigenvalue weighted by atomic mass is 16.2. The molecule has 0 spiro atoms. The Morgan fingerprint density at radius 3 is 2.55 bits per heavy atom. The van der Waals surface area contributed by atoms with Gasteiger partial charge in [-0.15, -0.1) is 0 Å². The number of carbonyl (C=O) groups is 2. The number of urea groups is 1. The van der Waals surface area contributed by atoms with E-state index >= 15 is 0 Å². The fourth-order valence-corrected chi connectivity index (χ4v) is 3.90. The number of imide groups is 1. The molecule has 2 aliphatic heterocycles. The Morgan fingerprint density at radius 2 is 1.86 bits per heavy atom. The molecule has 2 heterocycles. The number of fused-ring (bicyclic) bond motifs is 1. The maximum Gasteiger partial charge on any atom is 0.325 e. The van der Waals surface area contributed by atoms with E-state index in [9.17, 15) is 9.59 Å². The highest BCUT2D eigenvalue weighted by molar-refractivity contribution is 6.04. The SMILES string of the molecule is CCN(CC)CCN=C1NC2C(C(=O)NC(=O)N2C)N1CCCc1ccccc1. The second-order valence-corrected chi connectivity index (χ2v) is 7.45. The van der Waals surface area contributed by atoms with E-state index in [0.717, 1.165) is 32.5 Å². The van der Waals surface area contributed by atoms with Crippen molar-refractivity contribution in [2.45, 2.75) is 38.9 Å². The van der Waals surface area contributed by atoms with Crippen molar-refractivity contribution in [2.24, 2.45) is 4.99 Å². The Hall–Kier alpha value is -2.61. The Morgan fingerprint density at radius 1 is 1.14 bits per heavy atom. The van der Waals surface area contributed by atoms with Crippen LogP contribution in [0, 0.1) is 0 Å². The minimum Gasteiger partial charge on any atom is -0.334 e. The normalized spacial score (nSPS) is 22.8. The van der Waals surface area contributed by atoms with Gasteiger partial charge in [0.05, 0.1) is 6.54 Å². The first-order valence-electron chi connectivity index (χ1n) is 10.5. The van der Waals surface area contributed by atoms with Crippen LogP contribution in [0.25, 0.3) is 0 Å². The maximum absolute atomic E-state index is 12.6. The van der Waals surface area contributed by atoms with E-state index in [4.69, 9.17) is 4.99 Å². The number of nitrogens with one attached hydrogen (secondary N) is 2. The largest absolute Gasteiger partial charge is 0.334 e. The molecule has 2 N–H and O–H groups in total. The van der Waals surface area contributed by atoms with E-state index in [0.29, 0.717) is 19.0 Å². The number of guanidine groups is 1. The predicted molar refractivity (Wildman–Crippen MR) is 114 cm³/mol. The lowest BCUT2D eigenvalue weighted by Gasteiger charge is -2.35. The lowest BCUT2D eigenvalue weighted by Crippen LogP contribution is -2.64. The molecule has 2 saturated heterocycles. The molecule has 0 aliphatic carbocycles. The topological polar surface area (TPSA) is 80.3 Å². The van der Waals surface area contributed by atoms with Crippen LogP contribution in [0.3, 0.4) is 0 Å². The van der Waals surface area contributed by atoms with Gasteiger partial charge in [-0.1, -0.05) is 44.2 Å². The molecule has 0 saturated carbocycles. The minimum absolute atomic E-state index is 0.265. The summed E-state index contributed by atoms with van der Waals surface area (Å²) in [6.07, 6.45) is 1.44. The average Bonchev–Trinajstić information content (AvgIpc) is 3.09. The van der Waals surface area contributed by atoms with Crippen molar-refractivity contribution in [1.82, 2.24) is 25.3 Å². The van der Waals surface area contributed by atoms with Crippen LogP contribution in [-0.4, -0.2) is 84.6 Å². The van der Waals surface area contributed by atoms with Crippen molar-refractivity contribution in [2.75, 3.05) is 39.8 Å². The zero-order valence-corrected chi connectivity index (χ0v) is 17.6. The lowest BCUT2D eigenvalue weighted by atomic mass is 10.1. The highest BCUT2D eigenvalue weighted by Gasteiger charge is 2.49. The van der Waals surface area contributed by atoms with Crippen LogP contribution in [0.5, 0.6) is 0 Å². The third kappa shape index (κ3) is 4.87. The van der Waals surface area contributed by atoms with Crippen LogP contribution in [0.15, 0.2) is 35.3 Å². The fourth-order valence-electron chi connectivity index (χ4n) is 3.90. The number of hydrogen-bond acceptors (Lipinski definition) is 4. The first kappa shape index (κ1) is 21.1. The van der Waals surface area contributed by atoms with Crippen LogP contribution in [0.1, 0.15) is 25.8 Å². The van der Waals surface area contributed by atoms with E-state index in [1.54, 1.807) is 11.9 Å². The number of carbonyl (C=O) groups excluding carboxylic acids is 2. The zero-order valence-electron chi connectivity index (χ0n) is 17.6. The summed E-state index contributed by atoms with van der Waals surface area (Å²) in [5.74, 6) is 0.441. The molecule has 158 valence electrons. The first-order chi connectivity index (χ1) is 14.0. The molecule has 2 aliphatic rings. The molecule has 0 radical (unpaired) electrons. The van der Waals surface area contributed by atoms with Crippen molar-refractivity contribution in [3.05, 3.63) is 35.9 Å². The summed E-state index contributed by atoms with van der Waals surface area (Å²) in [7, 11) is 1.70. The van der Waals surface area contributed by atoms with Crippen molar-refractivity contribution >= 4 is 17.9 Å². The zero-order chi connectivity index (χ0) is 20.8. The molecular weight excluding hydrogens is 368 g/mol. The van der Waals surface area contributed by atoms with Gasteiger partial charge >= 0.3 is 6.03 Å². The van der Waals surface area contributed by atoms with Gasteiger partial charge < -0.3 is 20.0 Å². The highest BCUT2D eigenvalue weighted by Crippen LogP contribution is 2.21. The van der Waals surface area contributed by atoms with E-state index < -0.39 is 6.04 Å². The monoisotopic (exact) mass is 400 g/mol. The van der Waals surface area contributed by atoms with E-state index in [1.165, 1.54) is 5.56 Å². The van der Waals surface area contributed by atoms with Crippen LogP contribution in [0.2, 0.25) is 0 Å². The van der Waals surface area contributed by atoms with Crippen molar-refractivity contribution in [3.8, 4) is 0 Å². The number of aryl methyl sites for hydroxylation is 1. The van der Waals surface area contributed by atoms with Crippen LogP contribution >= 0.6 is 0 Å². The van der Waals surface area contributed by atoms with Crippen molar-refractivity contribution in [3.63, 3.8) is 0 Å². The summed E-state index contributed by atoms with van der Waals surface area (Å²) in [5.41, 5.74) is 1.27. The summed E-state index contributed by atoms with van der Waals surface area (Å²) in [6.45, 7) is 8.47. The minimum atomic E-state index is -0.458. The molecular formula is C21H32N6O2. The molecule has 0 bridgehead atoms. The van der Waals surface area contributed by atoms with Crippen LogP contribution in [-0.2, 0) is 11.2 Å². The first-order valence-corrected chi connectivity index (χ1v) is 10.5. The van der Waals surface area contributed by atoms with Gasteiger partial charge in [0, 0.05) is 20.1 Å². The molecule has 1 aromatic rings. The van der Waals surface area contributed by atoms with E-state index in [-0.39, 0.29) is 18.1 Å². The summed E-state index contributed by atoms with van der Waals surface area (Å²) >= 11 is 0. The Balaban J connectivity index is 1.71. The van der Waals surface area contributed by atoms with Gasteiger partial charge in [-0.05, 0) is 31.5 Å². The molecule has 8 heteroatoms. The molecule has 2 fully saturated rings. The second kappa shape index (κ2) is 9.73. The molecule has 29 heavy (non-hydrogen) atoms. The quantitative estimate of drug-likeness (QED) is 0.649. The number of amides is 3. The number of hydrogen-bond donors (Lipinski definition) is 2. The van der Waals surface area contributed by atoms with E-state index in [2.05, 4.69) is 41.5 Å². The Bertz CT molecular complexity index is 734. The Labute approximate surface area is 172 Å². The lowest BCUT2D eigenvalue weighted by molar-refractivity contribution is -0.127. The third-order valence-corrected chi connectivity index (χ3v) is 5.70. The predicted octanol–water partition coefficient (Wildman–Crippen LogP) is 1.10. The fraction of sp³-hybridized carbons (Fsp3) is 0.571. The molecule has 1 aromatic carbocycles. The smallest absolute Gasteiger partial charge is 0.325 e. The summed E-state index contributed by atoms with van der Waals surface area (Å²) in [6, 6.07) is 9.49. The number of aliphatic imine (C=N–C) groups is 1. The van der Waals surface area contributed by atoms with Gasteiger partial charge in [0.25, 0.3) is 5.91 Å². The van der Waals surface area contributed by atoms with Gasteiger partial charge in [-0.3, -0.25) is 15.1 Å². The number of benzene rings is 1. The maximum atomic E-state index is 12.6. The molecule has 2 atom stereocenters. The molecule has 0 aromatic heterocycles. The summed E-state index contributed by atoms with van der Waals surface area (Å²) < 4.78 is 0. The van der Waals surface area contributed by atoms with Crippen molar-refractivity contribution < 1.29 is 9.59 Å².